The highest BCUT2D eigenvalue weighted by Gasteiger charge is 2.28. The molecule has 2 heterocycles. The molecular weight excluding hydrogens is 369 g/mol. The molecule has 0 radical (unpaired) electrons. The Balaban J connectivity index is 1.69. The predicted octanol–water partition coefficient (Wildman–Crippen LogP) is 2.74. The lowest BCUT2D eigenvalue weighted by Crippen LogP contribution is -2.44. The molecule has 1 N–H and O–H groups in total. The zero-order valence-electron chi connectivity index (χ0n) is 13.1. The van der Waals surface area contributed by atoms with Crippen LogP contribution in [0.1, 0.15) is 12.8 Å². The summed E-state index contributed by atoms with van der Waals surface area (Å²) in [7, 11) is -3.55. The van der Waals surface area contributed by atoms with E-state index in [2.05, 4.69) is 4.72 Å². The zero-order valence-corrected chi connectivity index (χ0v) is 14.7. The van der Waals surface area contributed by atoms with Gasteiger partial charge < -0.3 is 4.90 Å². The number of benzene rings is 1. The molecule has 25 heavy (non-hydrogen) atoms. The van der Waals surface area contributed by atoms with Crippen LogP contribution in [0.15, 0.2) is 39.9 Å². The van der Waals surface area contributed by atoms with Gasteiger partial charge in [0.15, 0.2) is 0 Å². The monoisotopic (exact) mass is 385 g/mol. The van der Waals surface area contributed by atoms with Crippen LogP contribution in [0.25, 0.3) is 0 Å². The Labute approximate surface area is 148 Å². The summed E-state index contributed by atoms with van der Waals surface area (Å²) in [5, 5.41) is 12.8. The number of nitro benzene ring substituents is 1. The molecule has 10 heteroatoms. The number of nitrogens with one attached hydrogen (secondary N) is 1. The predicted molar refractivity (Wildman–Crippen MR) is 92.9 cm³/mol. The van der Waals surface area contributed by atoms with Crippen LogP contribution in [0, 0.1) is 15.9 Å². The van der Waals surface area contributed by atoms with Gasteiger partial charge in [0.1, 0.15) is 15.7 Å². The topological polar surface area (TPSA) is 92.6 Å². The number of nitrogens with zero attached hydrogens (tertiary/aromatic N) is 2. The number of anilines is 1. The van der Waals surface area contributed by atoms with Gasteiger partial charge in [-0.3, -0.25) is 10.1 Å². The Hall–Kier alpha value is -2.04. The minimum absolute atomic E-state index is 0.154. The van der Waals surface area contributed by atoms with E-state index in [-0.39, 0.29) is 21.6 Å². The molecule has 1 aromatic carbocycles. The lowest BCUT2D eigenvalue weighted by Gasteiger charge is -2.33. The van der Waals surface area contributed by atoms with E-state index in [4.69, 9.17) is 0 Å². The minimum Gasteiger partial charge on any atom is -0.366 e. The van der Waals surface area contributed by atoms with Gasteiger partial charge in [-0.1, -0.05) is 6.07 Å². The largest absolute Gasteiger partial charge is 0.366 e. The second kappa shape index (κ2) is 7.06. The van der Waals surface area contributed by atoms with Gasteiger partial charge in [-0.2, -0.15) is 0 Å². The lowest BCUT2D eigenvalue weighted by molar-refractivity contribution is -0.384. The Morgan fingerprint density at radius 1 is 1.28 bits per heavy atom. The van der Waals surface area contributed by atoms with Crippen LogP contribution in [0.2, 0.25) is 0 Å². The number of nitro groups is 1. The van der Waals surface area contributed by atoms with Crippen molar-refractivity contribution >= 4 is 32.7 Å². The summed E-state index contributed by atoms with van der Waals surface area (Å²) in [6, 6.07) is 6.31. The number of sulfonamides is 1. The minimum atomic E-state index is -3.55. The first-order valence-corrected chi connectivity index (χ1v) is 9.98. The molecule has 0 amide bonds. The maximum Gasteiger partial charge on any atom is 0.292 e. The molecule has 1 aliphatic heterocycles. The van der Waals surface area contributed by atoms with Crippen LogP contribution < -0.4 is 9.62 Å². The normalized spacial score (nSPS) is 16.1. The van der Waals surface area contributed by atoms with Crippen molar-refractivity contribution in [3.05, 3.63) is 51.6 Å². The van der Waals surface area contributed by atoms with E-state index in [1.165, 1.54) is 6.07 Å². The standard InChI is InChI=1S/C15H16FN3O4S2/c16-11-3-4-13(19(20)21)14(10-11)18-7-5-12(6-8-18)17-25(22,23)15-2-1-9-24-15/h1-4,9-10,12,17H,5-8H2. The number of hydrogen-bond donors (Lipinski definition) is 1. The van der Waals surface area contributed by atoms with E-state index in [0.29, 0.717) is 25.9 Å². The Kier molecular flexibility index (Phi) is 5.02. The molecule has 1 aromatic heterocycles. The van der Waals surface area contributed by atoms with Crippen molar-refractivity contribution in [1.82, 2.24) is 4.72 Å². The van der Waals surface area contributed by atoms with E-state index >= 15 is 0 Å². The van der Waals surface area contributed by atoms with Gasteiger partial charge >= 0.3 is 0 Å². The first-order chi connectivity index (χ1) is 11.9. The highest BCUT2D eigenvalue weighted by Crippen LogP contribution is 2.31. The van der Waals surface area contributed by atoms with Gasteiger partial charge in [0.25, 0.3) is 5.69 Å². The second-order valence-electron chi connectivity index (χ2n) is 5.70. The summed E-state index contributed by atoms with van der Waals surface area (Å²) >= 11 is 1.15. The van der Waals surface area contributed by atoms with Crippen LogP contribution in [0.5, 0.6) is 0 Å². The van der Waals surface area contributed by atoms with Crippen molar-refractivity contribution in [3.63, 3.8) is 0 Å². The number of halogens is 1. The fourth-order valence-corrected chi connectivity index (χ4v) is 5.15. The van der Waals surface area contributed by atoms with Gasteiger partial charge in [-0.15, -0.1) is 11.3 Å². The lowest BCUT2D eigenvalue weighted by atomic mass is 10.0. The summed E-state index contributed by atoms with van der Waals surface area (Å²) in [6.07, 6.45) is 0.969. The van der Waals surface area contributed by atoms with Crippen molar-refractivity contribution < 1.29 is 17.7 Å². The molecule has 7 nitrogen and oxygen atoms in total. The van der Waals surface area contributed by atoms with Crippen LogP contribution in [0.4, 0.5) is 15.8 Å². The molecule has 1 fully saturated rings. The Bertz CT molecular complexity index is 863. The molecule has 0 bridgehead atoms. The van der Waals surface area contributed by atoms with E-state index < -0.39 is 20.8 Å². The average molecular weight is 385 g/mol. The third-order valence-electron chi connectivity index (χ3n) is 4.05. The summed E-state index contributed by atoms with van der Waals surface area (Å²) in [5.41, 5.74) is 0.0728. The highest BCUT2D eigenvalue weighted by molar-refractivity contribution is 7.91. The van der Waals surface area contributed by atoms with Gasteiger partial charge in [-0.25, -0.2) is 17.5 Å². The Morgan fingerprint density at radius 3 is 2.60 bits per heavy atom. The summed E-state index contributed by atoms with van der Waals surface area (Å²) < 4.78 is 40.9. The van der Waals surface area contributed by atoms with Gasteiger partial charge in [0.05, 0.1) is 4.92 Å². The number of hydrogen-bond acceptors (Lipinski definition) is 6. The SMILES string of the molecule is O=[N+]([O-])c1ccc(F)cc1N1CCC(NS(=O)(=O)c2cccs2)CC1. The molecule has 2 aromatic rings. The summed E-state index contributed by atoms with van der Waals surface area (Å²) in [6.45, 7) is 0.809. The number of thiophene rings is 1. The average Bonchev–Trinajstić information content (AvgIpc) is 3.10. The molecule has 0 saturated carbocycles. The Morgan fingerprint density at radius 2 is 2.00 bits per heavy atom. The number of rotatable bonds is 5. The first kappa shape index (κ1) is 17.8. The fraction of sp³-hybridized carbons (Fsp3) is 0.333. The maximum atomic E-state index is 13.5. The van der Waals surface area contributed by atoms with Crippen molar-refractivity contribution in [1.29, 1.82) is 0 Å². The van der Waals surface area contributed by atoms with Crippen molar-refractivity contribution in [2.24, 2.45) is 0 Å². The molecular formula is C15H16FN3O4S2. The molecule has 3 rings (SSSR count). The van der Waals surface area contributed by atoms with Crippen molar-refractivity contribution in [2.45, 2.75) is 23.1 Å². The molecule has 0 unspecified atom stereocenters. The molecule has 1 saturated heterocycles. The van der Waals surface area contributed by atoms with Gasteiger partial charge in [-0.05, 0) is 30.4 Å². The van der Waals surface area contributed by atoms with Crippen molar-refractivity contribution in [2.75, 3.05) is 18.0 Å². The maximum absolute atomic E-state index is 13.5. The van der Waals surface area contributed by atoms with E-state index in [9.17, 15) is 22.9 Å². The van der Waals surface area contributed by atoms with E-state index in [0.717, 1.165) is 29.5 Å². The smallest absolute Gasteiger partial charge is 0.292 e. The quantitative estimate of drug-likeness (QED) is 0.631. The van der Waals surface area contributed by atoms with Crippen LogP contribution in [-0.2, 0) is 10.0 Å². The van der Waals surface area contributed by atoms with Gasteiger partial charge in [0.2, 0.25) is 10.0 Å². The van der Waals surface area contributed by atoms with Crippen LogP contribution >= 0.6 is 11.3 Å². The molecule has 0 atom stereocenters. The van der Waals surface area contributed by atoms with Crippen LogP contribution in [0.3, 0.4) is 0 Å². The molecule has 0 spiro atoms. The molecule has 134 valence electrons. The summed E-state index contributed by atoms with van der Waals surface area (Å²) in [5.74, 6) is -0.541. The van der Waals surface area contributed by atoms with Crippen LogP contribution in [-0.4, -0.2) is 32.5 Å². The van der Waals surface area contributed by atoms with E-state index in [1.54, 1.807) is 16.3 Å². The van der Waals surface area contributed by atoms with Crippen molar-refractivity contribution in [3.8, 4) is 0 Å². The summed E-state index contributed by atoms with van der Waals surface area (Å²) in [4.78, 5) is 12.3. The second-order valence-corrected chi connectivity index (χ2v) is 8.59. The van der Waals surface area contributed by atoms with Gasteiger partial charge in [0, 0.05) is 31.3 Å². The highest BCUT2D eigenvalue weighted by atomic mass is 32.2. The first-order valence-electron chi connectivity index (χ1n) is 7.61. The number of piperidine rings is 1. The third-order valence-corrected chi connectivity index (χ3v) is 6.97. The molecule has 0 aliphatic carbocycles. The zero-order chi connectivity index (χ0) is 18.0. The van der Waals surface area contributed by atoms with E-state index in [1.807, 2.05) is 0 Å². The third kappa shape index (κ3) is 3.97. The fourth-order valence-electron chi connectivity index (χ4n) is 2.84. The molecule has 1 aliphatic rings.